The lowest BCUT2D eigenvalue weighted by molar-refractivity contribution is -0.117. The third-order valence-electron chi connectivity index (χ3n) is 3.89. The van der Waals surface area contributed by atoms with Crippen molar-refractivity contribution in [1.82, 2.24) is 4.90 Å². The summed E-state index contributed by atoms with van der Waals surface area (Å²) in [5, 5.41) is 12.2. The molecule has 0 heterocycles. The van der Waals surface area contributed by atoms with Crippen molar-refractivity contribution in [2.24, 2.45) is 0 Å². The Morgan fingerprint density at radius 1 is 1.17 bits per heavy atom. The molecule has 2 N–H and O–H groups in total. The number of aliphatic hydroxyl groups excluding tert-OH is 1. The molecule has 5 nitrogen and oxygen atoms in total. The lowest BCUT2D eigenvalue weighted by Gasteiger charge is -2.27. The standard InChI is InChI=1S/C19H24N2O3/c1-21(18(12-13-22)15-6-4-3-5-7-15)14-19(23)20-16-8-10-17(24-2)11-9-16/h3-11,18,22H,12-14H2,1-2H3,(H,20,23). The predicted molar refractivity (Wildman–Crippen MR) is 95.1 cm³/mol. The van der Waals surface area contributed by atoms with Crippen LogP contribution >= 0.6 is 0 Å². The van der Waals surface area contributed by atoms with Crippen LogP contribution in [-0.2, 0) is 4.79 Å². The van der Waals surface area contributed by atoms with Crippen LogP contribution in [0.1, 0.15) is 18.0 Å². The number of hydrogen-bond acceptors (Lipinski definition) is 4. The van der Waals surface area contributed by atoms with Crippen molar-refractivity contribution in [2.45, 2.75) is 12.5 Å². The van der Waals surface area contributed by atoms with Crippen LogP contribution in [0.3, 0.4) is 0 Å². The Balaban J connectivity index is 1.97. The second kappa shape index (κ2) is 9.05. The van der Waals surface area contributed by atoms with Gasteiger partial charge < -0.3 is 15.2 Å². The van der Waals surface area contributed by atoms with E-state index in [-0.39, 0.29) is 25.1 Å². The van der Waals surface area contributed by atoms with E-state index in [0.29, 0.717) is 6.42 Å². The second-order valence-corrected chi connectivity index (χ2v) is 5.63. The van der Waals surface area contributed by atoms with Gasteiger partial charge in [-0.1, -0.05) is 30.3 Å². The zero-order valence-corrected chi connectivity index (χ0v) is 14.1. The highest BCUT2D eigenvalue weighted by Gasteiger charge is 2.18. The molecule has 1 amide bonds. The number of amides is 1. The van der Waals surface area contributed by atoms with E-state index in [0.717, 1.165) is 17.0 Å². The van der Waals surface area contributed by atoms with E-state index < -0.39 is 0 Å². The largest absolute Gasteiger partial charge is 0.497 e. The number of nitrogens with zero attached hydrogens (tertiary/aromatic N) is 1. The molecule has 2 rings (SSSR count). The average molecular weight is 328 g/mol. The molecule has 24 heavy (non-hydrogen) atoms. The van der Waals surface area contributed by atoms with Gasteiger partial charge in [-0.05, 0) is 43.3 Å². The van der Waals surface area contributed by atoms with Gasteiger partial charge in [-0.15, -0.1) is 0 Å². The summed E-state index contributed by atoms with van der Waals surface area (Å²) in [6, 6.07) is 17.1. The van der Waals surface area contributed by atoms with E-state index in [9.17, 15) is 9.90 Å². The average Bonchev–Trinajstić information content (AvgIpc) is 2.60. The molecule has 0 saturated heterocycles. The van der Waals surface area contributed by atoms with Gasteiger partial charge in [-0.2, -0.15) is 0 Å². The van der Waals surface area contributed by atoms with Gasteiger partial charge in [0.25, 0.3) is 0 Å². The number of nitrogens with one attached hydrogen (secondary N) is 1. The van der Waals surface area contributed by atoms with E-state index >= 15 is 0 Å². The van der Waals surface area contributed by atoms with Gasteiger partial charge in [0, 0.05) is 18.3 Å². The zero-order valence-electron chi connectivity index (χ0n) is 14.1. The SMILES string of the molecule is COc1ccc(NC(=O)CN(C)C(CCO)c2ccccc2)cc1. The number of rotatable bonds is 8. The molecule has 0 aliphatic heterocycles. The number of benzene rings is 2. The first-order valence-corrected chi connectivity index (χ1v) is 7.94. The van der Waals surface area contributed by atoms with Crippen molar-refractivity contribution >= 4 is 11.6 Å². The van der Waals surface area contributed by atoms with Crippen LogP contribution in [0.4, 0.5) is 5.69 Å². The van der Waals surface area contributed by atoms with Crippen LogP contribution in [0.2, 0.25) is 0 Å². The Kier molecular flexibility index (Phi) is 6.78. The zero-order chi connectivity index (χ0) is 17.4. The number of likely N-dealkylation sites (N-methyl/N-ethyl adjacent to an activating group) is 1. The Bertz CT molecular complexity index is 629. The maximum Gasteiger partial charge on any atom is 0.238 e. The molecule has 0 fully saturated rings. The van der Waals surface area contributed by atoms with Crippen LogP contribution in [0.25, 0.3) is 0 Å². The number of aliphatic hydroxyl groups is 1. The van der Waals surface area contributed by atoms with E-state index in [1.807, 2.05) is 42.3 Å². The molecule has 1 unspecified atom stereocenters. The van der Waals surface area contributed by atoms with Gasteiger partial charge in [0.05, 0.1) is 13.7 Å². The van der Waals surface area contributed by atoms with Gasteiger partial charge in [0.2, 0.25) is 5.91 Å². The quantitative estimate of drug-likeness (QED) is 0.782. The number of methoxy groups -OCH3 is 1. The highest BCUT2D eigenvalue weighted by molar-refractivity contribution is 5.92. The van der Waals surface area contributed by atoms with Gasteiger partial charge in [0.15, 0.2) is 0 Å². The maximum absolute atomic E-state index is 12.3. The third-order valence-corrected chi connectivity index (χ3v) is 3.89. The number of ether oxygens (including phenoxy) is 1. The minimum atomic E-state index is -0.0958. The van der Waals surface area contributed by atoms with Crippen molar-refractivity contribution < 1.29 is 14.6 Å². The topological polar surface area (TPSA) is 61.8 Å². The van der Waals surface area contributed by atoms with E-state index in [1.165, 1.54) is 0 Å². The Morgan fingerprint density at radius 2 is 1.83 bits per heavy atom. The fraction of sp³-hybridized carbons (Fsp3) is 0.316. The van der Waals surface area contributed by atoms with Crippen molar-refractivity contribution in [3.8, 4) is 5.75 Å². The molecule has 0 aliphatic rings. The summed E-state index contributed by atoms with van der Waals surface area (Å²) in [5.41, 5.74) is 1.82. The van der Waals surface area contributed by atoms with Crippen molar-refractivity contribution in [2.75, 3.05) is 32.6 Å². The molecule has 2 aromatic carbocycles. The smallest absolute Gasteiger partial charge is 0.238 e. The monoisotopic (exact) mass is 328 g/mol. The molecule has 0 spiro atoms. The fourth-order valence-corrected chi connectivity index (χ4v) is 2.65. The van der Waals surface area contributed by atoms with E-state index in [4.69, 9.17) is 4.74 Å². The minimum absolute atomic E-state index is 0.00202. The highest BCUT2D eigenvalue weighted by Crippen LogP contribution is 2.22. The molecule has 1 atom stereocenters. The molecule has 2 aromatic rings. The van der Waals surface area contributed by atoms with Crippen molar-refractivity contribution in [3.05, 3.63) is 60.2 Å². The molecule has 0 aromatic heterocycles. The Morgan fingerprint density at radius 3 is 2.42 bits per heavy atom. The van der Waals surface area contributed by atoms with Crippen LogP contribution < -0.4 is 10.1 Å². The van der Waals surface area contributed by atoms with Gasteiger partial charge in [-0.3, -0.25) is 9.69 Å². The predicted octanol–water partition coefficient (Wildman–Crippen LogP) is 2.69. The van der Waals surface area contributed by atoms with Crippen molar-refractivity contribution in [3.63, 3.8) is 0 Å². The molecule has 0 aliphatic carbocycles. The lowest BCUT2D eigenvalue weighted by atomic mass is 10.0. The molecule has 128 valence electrons. The molecule has 5 heteroatoms. The highest BCUT2D eigenvalue weighted by atomic mass is 16.5. The summed E-state index contributed by atoms with van der Waals surface area (Å²) in [6.07, 6.45) is 0.580. The summed E-state index contributed by atoms with van der Waals surface area (Å²) < 4.78 is 5.10. The van der Waals surface area contributed by atoms with Crippen LogP contribution in [-0.4, -0.2) is 43.2 Å². The second-order valence-electron chi connectivity index (χ2n) is 5.63. The minimum Gasteiger partial charge on any atom is -0.497 e. The number of carbonyl (C=O) groups is 1. The molecular weight excluding hydrogens is 304 g/mol. The van der Waals surface area contributed by atoms with E-state index in [1.54, 1.807) is 31.4 Å². The number of hydrogen-bond donors (Lipinski definition) is 2. The van der Waals surface area contributed by atoms with Gasteiger partial charge >= 0.3 is 0 Å². The third kappa shape index (κ3) is 5.08. The first kappa shape index (κ1) is 18.0. The first-order chi connectivity index (χ1) is 11.6. The maximum atomic E-state index is 12.3. The Hall–Kier alpha value is -2.37. The van der Waals surface area contributed by atoms with E-state index in [2.05, 4.69) is 5.32 Å². The number of anilines is 1. The first-order valence-electron chi connectivity index (χ1n) is 7.94. The van der Waals surface area contributed by atoms with Crippen LogP contribution in [0, 0.1) is 0 Å². The van der Waals surface area contributed by atoms with Gasteiger partial charge in [-0.25, -0.2) is 0 Å². The summed E-state index contributed by atoms with van der Waals surface area (Å²) in [7, 11) is 3.49. The fourth-order valence-electron chi connectivity index (χ4n) is 2.65. The molecule has 0 bridgehead atoms. The summed E-state index contributed by atoms with van der Waals surface area (Å²) in [6.45, 7) is 0.315. The molecular formula is C19H24N2O3. The van der Waals surface area contributed by atoms with Crippen LogP contribution in [0.15, 0.2) is 54.6 Å². The van der Waals surface area contributed by atoms with Gasteiger partial charge in [0.1, 0.15) is 5.75 Å². The summed E-state index contributed by atoms with van der Waals surface area (Å²) in [5.74, 6) is 0.652. The number of carbonyl (C=O) groups excluding carboxylic acids is 1. The molecule has 0 saturated carbocycles. The Labute approximate surface area is 142 Å². The summed E-state index contributed by atoms with van der Waals surface area (Å²) in [4.78, 5) is 14.2. The molecule has 0 radical (unpaired) electrons. The lowest BCUT2D eigenvalue weighted by Crippen LogP contribution is -2.33. The van der Waals surface area contributed by atoms with Crippen molar-refractivity contribution in [1.29, 1.82) is 0 Å². The normalized spacial score (nSPS) is 12.0. The van der Waals surface area contributed by atoms with Crippen LogP contribution in [0.5, 0.6) is 5.75 Å². The summed E-state index contributed by atoms with van der Waals surface area (Å²) >= 11 is 0.